The highest BCUT2D eigenvalue weighted by atomic mass is 35.5. The Hall–Kier alpha value is -2.28. The Balaban J connectivity index is 1.84. The predicted octanol–water partition coefficient (Wildman–Crippen LogP) is 4.08. The molecular weight excluding hydrogens is 384 g/mol. The molecule has 0 amide bonds. The largest absolute Gasteiger partial charge is 0.497 e. The van der Waals surface area contributed by atoms with Crippen molar-refractivity contribution in [3.05, 3.63) is 58.1 Å². The lowest BCUT2D eigenvalue weighted by atomic mass is 10.1. The molecular formula is C21H23ClO6. The van der Waals surface area contributed by atoms with E-state index in [1.807, 2.05) is 30.3 Å². The summed E-state index contributed by atoms with van der Waals surface area (Å²) in [6.45, 7) is 3.39. The number of benzene rings is 2. The van der Waals surface area contributed by atoms with E-state index in [4.69, 9.17) is 35.3 Å². The van der Waals surface area contributed by atoms with Crippen molar-refractivity contribution in [3.63, 3.8) is 0 Å². The van der Waals surface area contributed by atoms with Gasteiger partial charge in [0.05, 0.1) is 43.9 Å². The maximum atomic E-state index is 11.9. The Morgan fingerprint density at radius 3 is 2.50 bits per heavy atom. The first kappa shape index (κ1) is 20.5. The van der Waals surface area contributed by atoms with Gasteiger partial charge in [0.15, 0.2) is 6.29 Å². The molecule has 1 fully saturated rings. The van der Waals surface area contributed by atoms with E-state index in [0.717, 1.165) is 11.3 Å². The highest BCUT2D eigenvalue weighted by Gasteiger charge is 2.26. The number of carbonyl (C=O) groups is 1. The monoisotopic (exact) mass is 406 g/mol. The number of rotatable bonds is 8. The minimum atomic E-state index is -0.542. The Morgan fingerprint density at radius 1 is 1.14 bits per heavy atom. The van der Waals surface area contributed by atoms with Crippen LogP contribution in [0.5, 0.6) is 11.5 Å². The quantitative estimate of drug-likeness (QED) is 0.615. The Labute approximate surface area is 169 Å². The van der Waals surface area contributed by atoms with Crippen LogP contribution in [0.15, 0.2) is 36.4 Å². The van der Waals surface area contributed by atoms with Gasteiger partial charge in [0.1, 0.15) is 18.1 Å². The van der Waals surface area contributed by atoms with Crippen LogP contribution in [-0.2, 0) is 32.0 Å². The molecule has 150 valence electrons. The molecule has 7 heteroatoms. The summed E-state index contributed by atoms with van der Waals surface area (Å²) in [6.07, 6.45) is -0.474. The molecule has 0 N–H and O–H groups in total. The van der Waals surface area contributed by atoms with Gasteiger partial charge in [-0.3, -0.25) is 4.79 Å². The smallest absolute Gasteiger partial charge is 0.310 e. The van der Waals surface area contributed by atoms with Gasteiger partial charge in [-0.1, -0.05) is 29.8 Å². The molecule has 2 aromatic rings. The van der Waals surface area contributed by atoms with Gasteiger partial charge in [0, 0.05) is 0 Å². The first-order chi connectivity index (χ1) is 13.6. The molecule has 1 heterocycles. The lowest BCUT2D eigenvalue weighted by Crippen LogP contribution is -2.10. The van der Waals surface area contributed by atoms with E-state index in [2.05, 4.69) is 0 Å². The van der Waals surface area contributed by atoms with Gasteiger partial charge in [-0.05, 0) is 36.2 Å². The summed E-state index contributed by atoms with van der Waals surface area (Å²) in [5.41, 5.74) is 2.28. The number of hydrogen-bond donors (Lipinski definition) is 0. The lowest BCUT2D eigenvalue weighted by Gasteiger charge is -2.19. The van der Waals surface area contributed by atoms with Crippen molar-refractivity contribution in [1.29, 1.82) is 0 Å². The fourth-order valence-electron chi connectivity index (χ4n) is 2.86. The van der Waals surface area contributed by atoms with Crippen molar-refractivity contribution in [2.75, 3.05) is 26.9 Å². The normalized spacial score (nSPS) is 14.1. The second-order valence-electron chi connectivity index (χ2n) is 6.15. The van der Waals surface area contributed by atoms with Crippen LogP contribution < -0.4 is 9.47 Å². The van der Waals surface area contributed by atoms with Crippen molar-refractivity contribution in [2.24, 2.45) is 0 Å². The molecule has 0 aromatic heterocycles. The topological polar surface area (TPSA) is 63.2 Å². The van der Waals surface area contributed by atoms with E-state index in [9.17, 15) is 4.79 Å². The third kappa shape index (κ3) is 4.95. The fraction of sp³-hybridized carbons (Fsp3) is 0.381. The summed E-state index contributed by atoms with van der Waals surface area (Å²) in [5, 5.41) is 0.359. The van der Waals surface area contributed by atoms with Gasteiger partial charge < -0.3 is 23.7 Å². The molecule has 6 nitrogen and oxygen atoms in total. The van der Waals surface area contributed by atoms with Crippen LogP contribution in [0, 0.1) is 0 Å². The van der Waals surface area contributed by atoms with Gasteiger partial charge in [0.2, 0.25) is 0 Å². The van der Waals surface area contributed by atoms with E-state index in [0.29, 0.717) is 48.3 Å². The van der Waals surface area contributed by atoms with E-state index in [1.165, 1.54) is 0 Å². The summed E-state index contributed by atoms with van der Waals surface area (Å²) in [7, 11) is 1.62. The average molecular weight is 407 g/mol. The number of methoxy groups -OCH3 is 1. The second-order valence-corrected chi connectivity index (χ2v) is 6.53. The molecule has 0 spiro atoms. The summed E-state index contributed by atoms with van der Waals surface area (Å²) in [4.78, 5) is 11.9. The maximum Gasteiger partial charge on any atom is 0.310 e. The van der Waals surface area contributed by atoms with Crippen molar-refractivity contribution in [1.82, 2.24) is 0 Å². The van der Waals surface area contributed by atoms with Gasteiger partial charge >= 0.3 is 5.97 Å². The third-order valence-electron chi connectivity index (χ3n) is 4.27. The Morgan fingerprint density at radius 2 is 1.86 bits per heavy atom. The number of esters is 1. The van der Waals surface area contributed by atoms with Crippen LogP contribution >= 0.6 is 11.6 Å². The molecule has 0 radical (unpaired) electrons. The molecule has 0 aliphatic carbocycles. The molecule has 0 saturated carbocycles. The zero-order valence-electron chi connectivity index (χ0n) is 15.9. The first-order valence-corrected chi connectivity index (χ1v) is 9.46. The lowest BCUT2D eigenvalue weighted by molar-refractivity contribution is -0.142. The summed E-state index contributed by atoms with van der Waals surface area (Å²) >= 11 is 6.59. The number of carbonyl (C=O) groups excluding carboxylic acids is 1. The van der Waals surface area contributed by atoms with Crippen LogP contribution in [0.25, 0.3) is 0 Å². The van der Waals surface area contributed by atoms with Crippen molar-refractivity contribution in [3.8, 4) is 11.5 Å². The van der Waals surface area contributed by atoms with Crippen LogP contribution in [0.1, 0.15) is 29.9 Å². The van der Waals surface area contributed by atoms with Crippen LogP contribution in [0.3, 0.4) is 0 Å². The third-order valence-corrected chi connectivity index (χ3v) is 4.68. The van der Waals surface area contributed by atoms with Gasteiger partial charge in [-0.2, -0.15) is 0 Å². The molecule has 28 heavy (non-hydrogen) atoms. The minimum absolute atomic E-state index is 0.0677. The number of hydrogen-bond acceptors (Lipinski definition) is 6. The number of ether oxygens (including phenoxy) is 5. The molecule has 2 aromatic carbocycles. The van der Waals surface area contributed by atoms with Crippen LogP contribution in [0.4, 0.5) is 0 Å². The molecule has 1 aliphatic heterocycles. The highest BCUT2D eigenvalue weighted by Crippen LogP contribution is 2.39. The van der Waals surface area contributed by atoms with E-state index >= 15 is 0 Å². The minimum Gasteiger partial charge on any atom is -0.497 e. The van der Waals surface area contributed by atoms with Gasteiger partial charge in [0.25, 0.3) is 0 Å². The number of halogens is 1. The Kier molecular flexibility index (Phi) is 7.14. The molecule has 3 rings (SSSR count). The van der Waals surface area contributed by atoms with E-state index in [-0.39, 0.29) is 12.4 Å². The molecule has 0 atom stereocenters. The van der Waals surface area contributed by atoms with Crippen LogP contribution in [-0.4, -0.2) is 32.9 Å². The summed E-state index contributed by atoms with van der Waals surface area (Å²) < 4.78 is 27.4. The standard InChI is InChI=1S/C21H23ClO6/c1-3-25-18(23)12-15-6-9-17(21-26-10-11-27-21)20(19(15)22)28-13-14-4-7-16(24-2)8-5-14/h4-9,21H,3,10-13H2,1-2H3. The molecule has 1 aliphatic rings. The van der Waals surface area contributed by atoms with Crippen molar-refractivity contribution < 1.29 is 28.5 Å². The predicted molar refractivity (Wildman–Crippen MR) is 104 cm³/mol. The average Bonchev–Trinajstić information content (AvgIpc) is 3.23. The summed E-state index contributed by atoms with van der Waals surface area (Å²) in [5.74, 6) is 0.879. The molecule has 0 unspecified atom stereocenters. The van der Waals surface area contributed by atoms with Crippen molar-refractivity contribution >= 4 is 17.6 Å². The van der Waals surface area contributed by atoms with Gasteiger partial charge in [-0.25, -0.2) is 0 Å². The first-order valence-electron chi connectivity index (χ1n) is 9.08. The zero-order chi connectivity index (χ0) is 19.9. The molecule has 0 bridgehead atoms. The van der Waals surface area contributed by atoms with E-state index < -0.39 is 6.29 Å². The zero-order valence-corrected chi connectivity index (χ0v) is 16.7. The second kappa shape index (κ2) is 9.78. The fourth-order valence-corrected chi connectivity index (χ4v) is 3.16. The SMILES string of the molecule is CCOC(=O)Cc1ccc(C2OCCO2)c(OCc2ccc(OC)cc2)c1Cl. The van der Waals surface area contributed by atoms with Crippen LogP contribution in [0.2, 0.25) is 5.02 Å². The van der Waals surface area contributed by atoms with Gasteiger partial charge in [-0.15, -0.1) is 0 Å². The van der Waals surface area contributed by atoms with E-state index in [1.54, 1.807) is 20.1 Å². The summed E-state index contributed by atoms with van der Waals surface area (Å²) in [6, 6.07) is 11.2. The highest BCUT2D eigenvalue weighted by molar-refractivity contribution is 6.33. The van der Waals surface area contributed by atoms with Crippen molar-refractivity contribution in [2.45, 2.75) is 26.2 Å². The Bertz CT molecular complexity index is 799. The maximum absolute atomic E-state index is 11.9. The molecule has 1 saturated heterocycles.